The van der Waals surface area contributed by atoms with Crippen LogP contribution in [0.25, 0.3) is 0 Å². The van der Waals surface area contributed by atoms with Crippen LogP contribution in [-0.4, -0.2) is 49.1 Å². The summed E-state index contributed by atoms with van der Waals surface area (Å²) in [6.45, 7) is 3.86. The zero-order valence-corrected chi connectivity index (χ0v) is 16.2. The minimum absolute atomic E-state index is 0.0295. The Morgan fingerprint density at radius 3 is 2.78 bits per heavy atom. The van der Waals surface area contributed by atoms with Crippen LogP contribution in [0.2, 0.25) is 0 Å². The highest BCUT2D eigenvalue weighted by Crippen LogP contribution is 2.65. The fraction of sp³-hybridized carbons (Fsp3) is 0.636. The molecule has 3 fully saturated rings. The van der Waals surface area contributed by atoms with Gasteiger partial charge >= 0.3 is 5.97 Å². The Hall–Kier alpha value is -1.88. The van der Waals surface area contributed by atoms with E-state index in [1.165, 1.54) is 12.7 Å². The second-order valence-electron chi connectivity index (χ2n) is 8.91. The molecule has 2 saturated heterocycles. The summed E-state index contributed by atoms with van der Waals surface area (Å²) >= 11 is 0. The molecular formula is C22H28N2O3. The first-order valence-corrected chi connectivity index (χ1v) is 10.2. The third-order valence-electron chi connectivity index (χ3n) is 7.92. The van der Waals surface area contributed by atoms with Gasteiger partial charge in [-0.25, -0.2) is 0 Å². The quantitative estimate of drug-likeness (QED) is 0.753. The molecule has 1 aromatic carbocycles. The van der Waals surface area contributed by atoms with Gasteiger partial charge in [-0.15, -0.1) is 0 Å². The monoisotopic (exact) mass is 368 g/mol. The van der Waals surface area contributed by atoms with Gasteiger partial charge in [-0.05, 0) is 62.2 Å². The molecule has 1 spiro atoms. The smallest absolute Gasteiger partial charge is 0.306 e. The van der Waals surface area contributed by atoms with Gasteiger partial charge in [0.1, 0.15) is 0 Å². The van der Waals surface area contributed by atoms with Crippen molar-refractivity contribution in [2.45, 2.75) is 62.9 Å². The van der Waals surface area contributed by atoms with E-state index in [2.05, 4.69) is 28.0 Å². The van der Waals surface area contributed by atoms with E-state index in [1.807, 2.05) is 6.07 Å². The van der Waals surface area contributed by atoms with Crippen molar-refractivity contribution in [3.63, 3.8) is 0 Å². The number of carbonyl (C=O) groups is 2. The Bertz CT molecular complexity index is 809. The Balaban J connectivity index is 1.69. The lowest BCUT2D eigenvalue weighted by atomic mass is 9.52. The lowest BCUT2D eigenvalue weighted by Crippen LogP contribution is -2.65. The fourth-order valence-electron chi connectivity index (χ4n) is 7.25. The maximum Gasteiger partial charge on any atom is 0.306 e. The summed E-state index contributed by atoms with van der Waals surface area (Å²) in [7, 11) is 1.50. The lowest BCUT2D eigenvalue weighted by molar-refractivity contribution is -0.148. The van der Waals surface area contributed by atoms with Gasteiger partial charge in [0, 0.05) is 30.1 Å². The molecule has 5 heteroatoms. The van der Waals surface area contributed by atoms with Gasteiger partial charge < -0.3 is 9.64 Å². The van der Waals surface area contributed by atoms with Crippen LogP contribution in [0, 0.1) is 5.41 Å². The first-order valence-electron chi connectivity index (χ1n) is 10.2. The number of hydrogen-bond acceptors (Lipinski definition) is 4. The van der Waals surface area contributed by atoms with E-state index in [9.17, 15) is 9.59 Å². The molecule has 4 aliphatic rings. The summed E-state index contributed by atoms with van der Waals surface area (Å²) in [4.78, 5) is 29.7. The van der Waals surface area contributed by atoms with Gasteiger partial charge in [-0.3, -0.25) is 14.5 Å². The maximum atomic E-state index is 12.6. The summed E-state index contributed by atoms with van der Waals surface area (Å²) in [6.07, 6.45) is 5.77. The summed E-state index contributed by atoms with van der Waals surface area (Å²) in [5, 5.41) is 0. The number of rotatable bonds is 2. The minimum atomic E-state index is -0.0907. The number of piperidine rings is 1. The van der Waals surface area contributed by atoms with Crippen molar-refractivity contribution in [3.8, 4) is 0 Å². The Morgan fingerprint density at radius 2 is 2.00 bits per heavy atom. The van der Waals surface area contributed by atoms with Crippen LogP contribution in [-0.2, 0) is 19.7 Å². The van der Waals surface area contributed by atoms with Gasteiger partial charge in [-0.1, -0.05) is 18.2 Å². The third kappa shape index (κ3) is 2.09. The van der Waals surface area contributed by atoms with Crippen molar-refractivity contribution in [1.82, 2.24) is 4.90 Å². The number of amides is 1. The number of anilines is 1. The number of para-hydroxylation sites is 1. The molecule has 4 atom stereocenters. The van der Waals surface area contributed by atoms with Crippen LogP contribution in [0.1, 0.15) is 51.0 Å². The summed E-state index contributed by atoms with van der Waals surface area (Å²) in [5.74, 6) is 0.0473. The number of nitrogens with zero attached hydrogens (tertiary/aromatic N) is 2. The number of benzene rings is 1. The molecule has 0 unspecified atom stereocenters. The molecule has 0 N–H and O–H groups in total. The lowest BCUT2D eigenvalue weighted by Gasteiger charge is -2.58. The molecule has 0 aromatic heterocycles. The average molecular weight is 368 g/mol. The number of esters is 1. The number of fused-ring (bicyclic) bond motifs is 1. The number of ether oxygens (including phenoxy) is 1. The predicted molar refractivity (Wildman–Crippen MR) is 103 cm³/mol. The van der Waals surface area contributed by atoms with E-state index in [-0.39, 0.29) is 28.7 Å². The predicted octanol–water partition coefficient (Wildman–Crippen LogP) is 2.87. The summed E-state index contributed by atoms with van der Waals surface area (Å²) in [6, 6.07) is 9.02. The SMILES string of the molecule is COC(=O)C[C@@]12CCCN3CC[C@@]4(c5ccccc5N(C(C)=O)[C@H]4CC1)[C@@H]32. The minimum Gasteiger partial charge on any atom is -0.469 e. The van der Waals surface area contributed by atoms with E-state index >= 15 is 0 Å². The van der Waals surface area contributed by atoms with E-state index in [0.29, 0.717) is 12.5 Å². The van der Waals surface area contributed by atoms with E-state index < -0.39 is 0 Å². The Labute approximate surface area is 160 Å². The molecule has 0 bridgehead atoms. The van der Waals surface area contributed by atoms with E-state index in [1.54, 1.807) is 6.92 Å². The van der Waals surface area contributed by atoms with Crippen LogP contribution in [0.5, 0.6) is 0 Å². The maximum absolute atomic E-state index is 12.6. The van der Waals surface area contributed by atoms with Crippen molar-refractivity contribution in [1.29, 1.82) is 0 Å². The second-order valence-corrected chi connectivity index (χ2v) is 8.91. The van der Waals surface area contributed by atoms with Gasteiger partial charge in [-0.2, -0.15) is 0 Å². The van der Waals surface area contributed by atoms with Crippen molar-refractivity contribution in [2.24, 2.45) is 5.41 Å². The fourth-order valence-corrected chi connectivity index (χ4v) is 7.25. The highest BCUT2D eigenvalue weighted by Gasteiger charge is 2.68. The molecule has 0 radical (unpaired) electrons. The molecule has 3 aliphatic heterocycles. The standard InChI is InChI=1S/C22H28N2O3/c1-15(25)24-17-7-4-3-6-16(17)22-11-13-23-12-5-9-21(20(22)23,10-8-18(22)24)14-19(26)27-2/h3-4,6-7,18,20H,5,8-14H2,1-2H3/t18-,20-,21+,22-/m0/s1. The van der Waals surface area contributed by atoms with Crippen LogP contribution in [0.4, 0.5) is 5.69 Å². The number of hydrogen-bond donors (Lipinski definition) is 0. The van der Waals surface area contributed by atoms with Crippen LogP contribution >= 0.6 is 0 Å². The Morgan fingerprint density at radius 1 is 1.19 bits per heavy atom. The van der Waals surface area contributed by atoms with Crippen LogP contribution in [0.15, 0.2) is 24.3 Å². The second kappa shape index (κ2) is 5.81. The van der Waals surface area contributed by atoms with Gasteiger partial charge in [0.2, 0.25) is 5.91 Å². The zero-order chi connectivity index (χ0) is 18.8. The average Bonchev–Trinajstić information content (AvgIpc) is 3.20. The number of methoxy groups -OCH3 is 1. The molecule has 144 valence electrons. The molecule has 1 saturated carbocycles. The first kappa shape index (κ1) is 17.2. The van der Waals surface area contributed by atoms with Crippen LogP contribution < -0.4 is 4.90 Å². The largest absolute Gasteiger partial charge is 0.469 e. The zero-order valence-electron chi connectivity index (χ0n) is 16.2. The van der Waals surface area contributed by atoms with Gasteiger partial charge in [0.15, 0.2) is 0 Å². The molecule has 27 heavy (non-hydrogen) atoms. The summed E-state index contributed by atoms with van der Waals surface area (Å²) < 4.78 is 5.10. The van der Waals surface area contributed by atoms with Crippen molar-refractivity contribution in [2.75, 3.05) is 25.1 Å². The molecule has 3 heterocycles. The molecule has 5 rings (SSSR count). The topological polar surface area (TPSA) is 49.9 Å². The normalized spacial score (nSPS) is 36.7. The molecule has 1 aromatic rings. The van der Waals surface area contributed by atoms with E-state index in [0.717, 1.165) is 50.9 Å². The Kier molecular flexibility index (Phi) is 3.71. The molecule has 1 amide bonds. The van der Waals surface area contributed by atoms with Crippen molar-refractivity contribution >= 4 is 17.6 Å². The highest BCUT2D eigenvalue weighted by molar-refractivity contribution is 5.96. The summed E-state index contributed by atoms with van der Waals surface area (Å²) in [5.41, 5.74) is 2.34. The van der Waals surface area contributed by atoms with Crippen LogP contribution in [0.3, 0.4) is 0 Å². The van der Waals surface area contributed by atoms with Crippen molar-refractivity contribution in [3.05, 3.63) is 29.8 Å². The molecule has 5 nitrogen and oxygen atoms in total. The van der Waals surface area contributed by atoms with E-state index in [4.69, 9.17) is 4.74 Å². The van der Waals surface area contributed by atoms with Crippen molar-refractivity contribution < 1.29 is 14.3 Å². The molecular weight excluding hydrogens is 340 g/mol. The third-order valence-corrected chi connectivity index (χ3v) is 7.92. The van der Waals surface area contributed by atoms with Gasteiger partial charge in [0.25, 0.3) is 0 Å². The van der Waals surface area contributed by atoms with Gasteiger partial charge in [0.05, 0.1) is 13.5 Å². The first-order chi connectivity index (χ1) is 13.0. The highest BCUT2D eigenvalue weighted by atomic mass is 16.5. The number of carbonyl (C=O) groups excluding carboxylic acids is 2. The molecule has 1 aliphatic carbocycles.